The van der Waals surface area contributed by atoms with Crippen LogP contribution in [-0.2, 0) is 4.74 Å². The number of aromatic nitrogens is 2. The number of likely N-dealkylation sites (tertiary alicyclic amines) is 1. The average molecular weight is 289 g/mol. The molecular weight excluding hydrogens is 273 g/mol. The van der Waals surface area contributed by atoms with Gasteiger partial charge in [0.05, 0.1) is 24.0 Å². The summed E-state index contributed by atoms with van der Waals surface area (Å²) >= 11 is 0. The van der Waals surface area contributed by atoms with Gasteiger partial charge in [0.15, 0.2) is 0 Å². The van der Waals surface area contributed by atoms with Gasteiger partial charge in [-0.05, 0) is 25.0 Å². The van der Waals surface area contributed by atoms with E-state index in [2.05, 4.69) is 9.97 Å². The van der Waals surface area contributed by atoms with Crippen LogP contribution in [0.4, 0.5) is 4.39 Å². The Bertz CT molecular complexity index is 706. The van der Waals surface area contributed by atoms with Gasteiger partial charge in [-0.3, -0.25) is 4.79 Å². The van der Waals surface area contributed by atoms with Crippen LogP contribution in [0.15, 0.2) is 18.5 Å². The van der Waals surface area contributed by atoms with Crippen molar-refractivity contribution < 1.29 is 13.9 Å². The van der Waals surface area contributed by atoms with E-state index in [4.69, 9.17) is 4.74 Å². The van der Waals surface area contributed by atoms with Gasteiger partial charge < -0.3 is 14.6 Å². The maximum atomic E-state index is 13.7. The molecule has 2 aromatic rings. The first-order chi connectivity index (χ1) is 10.2. The molecule has 2 aliphatic rings. The Morgan fingerprint density at radius 3 is 3.14 bits per heavy atom. The zero-order valence-electron chi connectivity index (χ0n) is 11.6. The van der Waals surface area contributed by atoms with Crippen molar-refractivity contribution in [2.45, 2.75) is 12.8 Å². The molecule has 6 heteroatoms. The summed E-state index contributed by atoms with van der Waals surface area (Å²) in [6.07, 6.45) is 3.44. The zero-order valence-corrected chi connectivity index (χ0v) is 11.6. The minimum atomic E-state index is -0.423. The molecule has 5 nitrogen and oxygen atoms in total. The molecule has 21 heavy (non-hydrogen) atoms. The second-order valence-electron chi connectivity index (χ2n) is 6.03. The molecule has 1 unspecified atom stereocenters. The molecule has 1 aromatic carbocycles. The number of ether oxygens (including phenoxy) is 1. The van der Waals surface area contributed by atoms with Crippen molar-refractivity contribution in [3.63, 3.8) is 0 Å². The Morgan fingerprint density at radius 1 is 1.43 bits per heavy atom. The van der Waals surface area contributed by atoms with Crippen LogP contribution < -0.4 is 0 Å². The standard InChI is InChI=1S/C15H16FN3O2/c16-10-5-11(13-12(6-10)17-9-18-13)14(20)19-3-1-15(7-19)2-4-21-8-15/h5-6,9H,1-4,7-8H2,(H,17,18). The maximum Gasteiger partial charge on any atom is 0.256 e. The van der Waals surface area contributed by atoms with Gasteiger partial charge in [-0.15, -0.1) is 0 Å². The molecule has 0 saturated carbocycles. The van der Waals surface area contributed by atoms with Gasteiger partial charge >= 0.3 is 0 Å². The van der Waals surface area contributed by atoms with Crippen LogP contribution in [0.25, 0.3) is 11.0 Å². The number of nitrogens with zero attached hydrogens (tertiary/aromatic N) is 2. The topological polar surface area (TPSA) is 58.2 Å². The maximum absolute atomic E-state index is 13.7. The highest BCUT2D eigenvalue weighted by Gasteiger charge is 2.43. The van der Waals surface area contributed by atoms with Crippen molar-refractivity contribution in [1.29, 1.82) is 0 Å². The van der Waals surface area contributed by atoms with Crippen molar-refractivity contribution in [3.05, 3.63) is 29.8 Å². The van der Waals surface area contributed by atoms with Crippen LogP contribution >= 0.6 is 0 Å². The van der Waals surface area contributed by atoms with E-state index in [0.717, 1.165) is 26.1 Å². The van der Waals surface area contributed by atoms with Gasteiger partial charge in [-0.1, -0.05) is 0 Å². The third-order valence-corrected chi connectivity index (χ3v) is 4.63. The molecule has 1 amide bonds. The summed E-state index contributed by atoms with van der Waals surface area (Å²) in [5.74, 6) is -0.566. The number of halogens is 1. The molecule has 0 radical (unpaired) electrons. The third-order valence-electron chi connectivity index (χ3n) is 4.63. The summed E-state index contributed by atoms with van der Waals surface area (Å²) < 4.78 is 19.2. The Morgan fingerprint density at radius 2 is 2.33 bits per heavy atom. The van der Waals surface area contributed by atoms with Gasteiger partial charge in [0.25, 0.3) is 5.91 Å². The Hall–Kier alpha value is -1.95. The van der Waals surface area contributed by atoms with E-state index in [9.17, 15) is 9.18 Å². The van der Waals surface area contributed by atoms with E-state index >= 15 is 0 Å². The number of nitrogens with one attached hydrogen (secondary N) is 1. The molecule has 110 valence electrons. The molecule has 4 rings (SSSR count). The third kappa shape index (κ3) is 2.01. The fraction of sp³-hybridized carbons (Fsp3) is 0.467. The number of aromatic amines is 1. The smallest absolute Gasteiger partial charge is 0.256 e. The average Bonchev–Trinajstić information content (AvgIpc) is 3.19. The Labute approximate surface area is 121 Å². The highest BCUT2D eigenvalue weighted by Crippen LogP contribution is 2.38. The molecule has 0 aliphatic carbocycles. The van der Waals surface area contributed by atoms with Crippen molar-refractivity contribution >= 4 is 16.9 Å². The van der Waals surface area contributed by atoms with Crippen LogP contribution in [0.2, 0.25) is 0 Å². The fourth-order valence-electron chi connectivity index (χ4n) is 3.43. The minimum Gasteiger partial charge on any atom is -0.381 e. The van der Waals surface area contributed by atoms with Crippen molar-refractivity contribution in [3.8, 4) is 0 Å². The number of carbonyl (C=O) groups is 1. The van der Waals surface area contributed by atoms with E-state index in [1.54, 1.807) is 4.90 Å². The number of fused-ring (bicyclic) bond motifs is 1. The summed E-state index contributed by atoms with van der Waals surface area (Å²) in [6.45, 7) is 2.88. The number of hydrogen-bond donors (Lipinski definition) is 1. The first kappa shape index (κ1) is 12.8. The molecule has 3 heterocycles. The molecule has 1 aromatic heterocycles. The van der Waals surface area contributed by atoms with E-state index in [-0.39, 0.29) is 11.3 Å². The number of hydrogen-bond acceptors (Lipinski definition) is 3. The number of imidazole rings is 1. The Kier molecular flexibility index (Phi) is 2.75. The van der Waals surface area contributed by atoms with Crippen molar-refractivity contribution in [1.82, 2.24) is 14.9 Å². The highest BCUT2D eigenvalue weighted by molar-refractivity contribution is 6.04. The molecule has 0 bridgehead atoms. The quantitative estimate of drug-likeness (QED) is 0.873. The summed E-state index contributed by atoms with van der Waals surface area (Å²) in [5.41, 5.74) is 1.52. The SMILES string of the molecule is O=C(c1cc(F)cc2[nH]cnc12)N1CCC2(CCOC2)C1. The van der Waals surface area contributed by atoms with Crippen molar-refractivity contribution in [2.24, 2.45) is 5.41 Å². The lowest BCUT2D eigenvalue weighted by Gasteiger charge is -2.22. The first-order valence-electron chi connectivity index (χ1n) is 7.17. The second kappa shape index (κ2) is 4.53. The molecule has 1 N–H and O–H groups in total. The monoisotopic (exact) mass is 289 g/mol. The predicted molar refractivity (Wildman–Crippen MR) is 74.4 cm³/mol. The summed E-state index contributed by atoms with van der Waals surface area (Å²) in [7, 11) is 0. The largest absolute Gasteiger partial charge is 0.381 e. The Balaban J connectivity index is 1.66. The molecule has 2 fully saturated rings. The summed E-state index contributed by atoms with van der Waals surface area (Å²) in [5, 5.41) is 0. The summed E-state index contributed by atoms with van der Waals surface area (Å²) in [4.78, 5) is 21.5. The van der Waals surface area contributed by atoms with Crippen LogP contribution in [0.1, 0.15) is 23.2 Å². The molecule has 1 spiro atoms. The highest BCUT2D eigenvalue weighted by atomic mass is 19.1. The van der Waals surface area contributed by atoms with E-state index < -0.39 is 5.82 Å². The van der Waals surface area contributed by atoms with Gasteiger partial charge in [0, 0.05) is 25.1 Å². The lowest BCUT2D eigenvalue weighted by molar-refractivity contribution is 0.0767. The second-order valence-corrected chi connectivity index (χ2v) is 6.03. The zero-order chi connectivity index (χ0) is 14.4. The number of H-pyrrole nitrogens is 1. The van der Waals surface area contributed by atoms with Gasteiger partial charge in [-0.2, -0.15) is 0 Å². The molecule has 2 aliphatic heterocycles. The van der Waals surface area contributed by atoms with Crippen LogP contribution in [0.3, 0.4) is 0 Å². The number of benzene rings is 1. The fourth-order valence-corrected chi connectivity index (χ4v) is 3.43. The van der Waals surface area contributed by atoms with Crippen LogP contribution in [-0.4, -0.2) is 47.1 Å². The van der Waals surface area contributed by atoms with Gasteiger partial charge in [0.1, 0.15) is 11.3 Å². The number of amides is 1. The normalized spacial score (nSPS) is 25.3. The van der Waals surface area contributed by atoms with Crippen LogP contribution in [0.5, 0.6) is 0 Å². The van der Waals surface area contributed by atoms with Gasteiger partial charge in [0.2, 0.25) is 0 Å². The summed E-state index contributed by atoms with van der Waals surface area (Å²) in [6, 6.07) is 2.64. The molecular formula is C15H16FN3O2. The number of rotatable bonds is 1. The molecule has 2 saturated heterocycles. The lowest BCUT2D eigenvalue weighted by atomic mass is 9.87. The van der Waals surface area contributed by atoms with E-state index in [0.29, 0.717) is 29.7 Å². The molecule has 1 atom stereocenters. The van der Waals surface area contributed by atoms with E-state index in [1.165, 1.54) is 18.5 Å². The first-order valence-corrected chi connectivity index (χ1v) is 7.17. The predicted octanol–water partition coefficient (Wildman–Crippen LogP) is 1.95. The number of carbonyl (C=O) groups excluding carboxylic acids is 1. The van der Waals surface area contributed by atoms with Crippen LogP contribution in [0, 0.1) is 11.2 Å². The van der Waals surface area contributed by atoms with E-state index in [1.807, 2.05) is 0 Å². The van der Waals surface area contributed by atoms with Crippen molar-refractivity contribution in [2.75, 3.05) is 26.3 Å². The lowest BCUT2D eigenvalue weighted by Crippen LogP contribution is -2.32. The minimum absolute atomic E-state index is 0.105. The van der Waals surface area contributed by atoms with Gasteiger partial charge in [-0.25, -0.2) is 9.37 Å².